The highest BCUT2D eigenvalue weighted by molar-refractivity contribution is 9.10. The van der Waals surface area contributed by atoms with Gasteiger partial charge in [-0.1, -0.05) is 22.0 Å². The lowest BCUT2D eigenvalue weighted by atomic mass is 10.2. The number of nitro groups is 1. The number of nitrogens with one attached hydrogen (secondary N) is 2. The Morgan fingerprint density at radius 1 is 1.31 bits per heavy atom. The lowest BCUT2D eigenvalue weighted by Crippen LogP contribution is -2.18. The maximum atomic E-state index is 12.1. The number of anilines is 1. The zero-order valence-electron chi connectivity index (χ0n) is 13.4. The number of hydrazone groups is 1. The number of aromatic hydroxyl groups is 1. The Balaban J connectivity index is 2.15. The highest BCUT2D eigenvalue weighted by Crippen LogP contribution is 2.32. The standard InChI is InChI=1S/C16H13BrN4O5/c1-9(22)19-13-4-2-3-10(6-13)16(24)20-18-8-11-5-12(17)7-14(15(11)23)21(25)26/h2-8,23H,1H3,(H,19,22)(H,20,24). The van der Waals surface area contributed by atoms with Gasteiger partial charge in [0.05, 0.1) is 11.1 Å². The molecule has 2 amide bonds. The van der Waals surface area contributed by atoms with Gasteiger partial charge in [0.2, 0.25) is 11.7 Å². The zero-order chi connectivity index (χ0) is 19.3. The number of nitrogens with zero attached hydrogens (tertiary/aromatic N) is 2. The summed E-state index contributed by atoms with van der Waals surface area (Å²) in [6, 6.07) is 8.77. The third kappa shape index (κ3) is 4.86. The number of phenolic OH excluding ortho intramolecular Hbond substituents is 1. The highest BCUT2D eigenvalue weighted by atomic mass is 79.9. The van der Waals surface area contributed by atoms with Crippen molar-refractivity contribution in [2.45, 2.75) is 6.92 Å². The average molecular weight is 421 g/mol. The Morgan fingerprint density at radius 3 is 2.69 bits per heavy atom. The second-order valence-corrected chi connectivity index (χ2v) is 6.00. The lowest BCUT2D eigenvalue weighted by molar-refractivity contribution is -0.385. The minimum absolute atomic E-state index is 0.0540. The first-order valence-corrected chi connectivity index (χ1v) is 7.95. The van der Waals surface area contributed by atoms with Crippen LogP contribution in [0.3, 0.4) is 0 Å². The summed E-state index contributed by atoms with van der Waals surface area (Å²) in [5.41, 5.74) is 2.51. The lowest BCUT2D eigenvalue weighted by Gasteiger charge is -2.05. The van der Waals surface area contributed by atoms with E-state index in [0.717, 1.165) is 12.3 Å². The van der Waals surface area contributed by atoms with Crippen LogP contribution in [0.4, 0.5) is 11.4 Å². The second-order valence-electron chi connectivity index (χ2n) is 5.08. The largest absolute Gasteiger partial charge is 0.502 e. The third-order valence-corrected chi connectivity index (χ3v) is 3.55. The Labute approximate surface area is 156 Å². The number of amides is 2. The zero-order valence-corrected chi connectivity index (χ0v) is 15.0. The van der Waals surface area contributed by atoms with E-state index in [1.165, 1.54) is 25.1 Å². The molecule has 9 nitrogen and oxygen atoms in total. The van der Waals surface area contributed by atoms with Crippen LogP contribution in [-0.4, -0.2) is 28.1 Å². The minimum Gasteiger partial charge on any atom is -0.502 e. The summed E-state index contributed by atoms with van der Waals surface area (Å²) in [4.78, 5) is 33.3. The molecule has 2 aromatic rings. The maximum absolute atomic E-state index is 12.1. The summed E-state index contributed by atoms with van der Waals surface area (Å²) in [7, 11) is 0. The van der Waals surface area contributed by atoms with Gasteiger partial charge >= 0.3 is 5.69 Å². The summed E-state index contributed by atoms with van der Waals surface area (Å²) in [5.74, 6) is -1.39. The van der Waals surface area contributed by atoms with Crippen molar-refractivity contribution >= 4 is 45.3 Å². The fraction of sp³-hybridized carbons (Fsp3) is 0.0625. The van der Waals surface area contributed by atoms with E-state index >= 15 is 0 Å². The number of phenols is 1. The number of hydrogen-bond donors (Lipinski definition) is 3. The maximum Gasteiger partial charge on any atom is 0.312 e. The molecule has 0 spiro atoms. The smallest absolute Gasteiger partial charge is 0.312 e. The SMILES string of the molecule is CC(=O)Nc1cccc(C(=O)NN=Cc2cc(Br)cc([N+](=O)[O-])c2O)c1. The fourth-order valence-corrected chi connectivity index (χ4v) is 2.47. The number of rotatable bonds is 5. The minimum atomic E-state index is -0.733. The van der Waals surface area contributed by atoms with Gasteiger partial charge in [0.1, 0.15) is 0 Å². The summed E-state index contributed by atoms with van der Waals surface area (Å²) < 4.78 is 0.373. The molecule has 134 valence electrons. The molecule has 0 radical (unpaired) electrons. The summed E-state index contributed by atoms with van der Waals surface area (Å²) in [6.07, 6.45) is 1.09. The van der Waals surface area contributed by atoms with Crippen LogP contribution in [0.25, 0.3) is 0 Å². The first kappa shape index (κ1) is 19.1. The van der Waals surface area contributed by atoms with Gasteiger partial charge < -0.3 is 10.4 Å². The Hall–Kier alpha value is -3.27. The van der Waals surface area contributed by atoms with Crippen molar-refractivity contribution in [3.8, 4) is 5.75 Å². The molecule has 2 aromatic carbocycles. The molecule has 0 unspecified atom stereocenters. The van der Waals surface area contributed by atoms with Gasteiger partial charge in [-0.3, -0.25) is 19.7 Å². The number of carbonyl (C=O) groups excluding carboxylic acids is 2. The highest BCUT2D eigenvalue weighted by Gasteiger charge is 2.17. The van der Waals surface area contributed by atoms with E-state index in [-0.39, 0.29) is 17.0 Å². The molecule has 0 saturated heterocycles. The summed E-state index contributed by atoms with van der Waals surface area (Å²) in [6.45, 7) is 1.35. The second kappa shape index (κ2) is 8.21. The van der Waals surface area contributed by atoms with Crippen LogP contribution < -0.4 is 10.7 Å². The van der Waals surface area contributed by atoms with E-state index in [1.807, 2.05) is 0 Å². The number of hydrogen-bond acceptors (Lipinski definition) is 6. The van der Waals surface area contributed by atoms with Crippen LogP contribution in [0.5, 0.6) is 5.75 Å². The van der Waals surface area contributed by atoms with E-state index in [2.05, 4.69) is 31.8 Å². The van der Waals surface area contributed by atoms with E-state index < -0.39 is 22.3 Å². The number of benzene rings is 2. The van der Waals surface area contributed by atoms with E-state index in [0.29, 0.717) is 10.2 Å². The molecule has 0 aliphatic carbocycles. The Bertz CT molecular complexity index is 914. The quantitative estimate of drug-likeness (QED) is 0.388. The molecule has 2 rings (SSSR count). The van der Waals surface area contributed by atoms with Crippen molar-refractivity contribution in [1.82, 2.24) is 5.43 Å². The van der Waals surface area contributed by atoms with Crippen molar-refractivity contribution < 1.29 is 19.6 Å². The molecule has 0 aliphatic heterocycles. The number of nitro benzene ring substituents is 1. The molecule has 0 aliphatic rings. The van der Waals surface area contributed by atoms with Gasteiger partial charge in [0, 0.05) is 34.3 Å². The molecular formula is C16H13BrN4O5. The first-order chi connectivity index (χ1) is 12.3. The van der Waals surface area contributed by atoms with E-state index in [4.69, 9.17) is 0 Å². The third-order valence-electron chi connectivity index (χ3n) is 3.10. The summed E-state index contributed by atoms with van der Waals surface area (Å²) in [5, 5.41) is 27.0. The van der Waals surface area contributed by atoms with Gasteiger partial charge in [-0.05, 0) is 24.3 Å². The number of carbonyl (C=O) groups is 2. The summed E-state index contributed by atoms with van der Waals surface area (Å²) >= 11 is 3.10. The van der Waals surface area contributed by atoms with Crippen LogP contribution in [0.15, 0.2) is 46.0 Å². The topological polar surface area (TPSA) is 134 Å². The molecule has 0 aromatic heterocycles. The van der Waals surface area contributed by atoms with Crippen molar-refractivity contribution in [2.75, 3.05) is 5.32 Å². The number of halogens is 1. The average Bonchev–Trinajstić information content (AvgIpc) is 2.56. The molecule has 10 heteroatoms. The molecule has 3 N–H and O–H groups in total. The Morgan fingerprint density at radius 2 is 2.04 bits per heavy atom. The van der Waals surface area contributed by atoms with Crippen LogP contribution in [0.1, 0.15) is 22.8 Å². The fourth-order valence-electron chi connectivity index (χ4n) is 2.01. The van der Waals surface area contributed by atoms with Crippen LogP contribution in [0, 0.1) is 10.1 Å². The van der Waals surface area contributed by atoms with Gasteiger partial charge in [-0.2, -0.15) is 5.10 Å². The van der Waals surface area contributed by atoms with Crippen LogP contribution >= 0.6 is 15.9 Å². The predicted molar refractivity (Wildman–Crippen MR) is 98.3 cm³/mol. The normalized spacial score (nSPS) is 10.5. The predicted octanol–water partition coefficient (Wildman–Crippen LogP) is 2.79. The van der Waals surface area contributed by atoms with Gasteiger partial charge in [-0.15, -0.1) is 0 Å². The van der Waals surface area contributed by atoms with Gasteiger partial charge in [0.25, 0.3) is 5.91 Å². The van der Waals surface area contributed by atoms with E-state index in [1.54, 1.807) is 12.1 Å². The van der Waals surface area contributed by atoms with Crippen molar-refractivity contribution in [2.24, 2.45) is 5.10 Å². The molecule has 0 bridgehead atoms. The van der Waals surface area contributed by atoms with Crippen molar-refractivity contribution in [1.29, 1.82) is 0 Å². The van der Waals surface area contributed by atoms with Crippen LogP contribution in [-0.2, 0) is 4.79 Å². The monoisotopic (exact) mass is 420 g/mol. The molecule has 0 fully saturated rings. The van der Waals surface area contributed by atoms with Gasteiger partial charge in [0.15, 0.2) is 0 Å². The molecule has 26 heavy (non-hydrogen) atoms. The van der Waals surface area contributed by atoms with Crippen LogP contribution in [0.2, 0.25) is 0 Å². The van der Waals surface area contributed by atoms with Crippen molar-refractivity contribution in [3.63, 3.8) is 0 Å². The Kier molecular flexibility index (Phi) is 6.02. The molecule has 0 atom stereocenters. The van der Waals surface area contributed by atoms with Gasteiger partial charge in [-0.25, -0.2) is 5.43 Å². The molecule has 0 heterocycles. The van der Waals surface area contributed by atoms with E-state index in [9.17, 15) is 24.8 Å². The first-order valence-electron chi connectivity index (χ1n) is 7.16. The van der Waals surface area contributed by atoms with Crippen molar-refractivity contribution in [3.05, 3.63) is 62.1 Å². The molecule has 0 saturated carbocycles. The molecular weight excluding hydrogens is 408 g/mol.